The molecule has 0 radical (unpaired) electrons. The van der Waals surface area contributed by atoms with Crippen molar-refractivity contribution in [2.45, 2.75) is 0 Å². The molecule has 3 heterocycles. The van der Waals surface area contributed by atoms with E-state index < -0.39 is 0 Å². The van der Waals surface area contributed by atoms with Crippen LogP contribution in [-0.2, 0) is 0 Å². The van der Waals surface area contributed by atoms with Gasteiger partial charge in [0.15, 0.2) is 5.82 Å². The number of anilines is 1. The third kappa shape index (κ3) is 1.91. The van der Waals surface area contributed by atoms with Crippen LogP contribution in [0.1, 0.15) is 11.1 Å². The lowest BCUT2D eigenvalue weighted by Gasteiger charge is -2.11. The highest BCUT2D eigenvalue weighted by molar-refractivity contribution is 6.02. The van der Waals surface area contributed by atoms with E-state index >= 15 is 0 Å². The standard InChI is InChI=1S/C13H12N6/c14-8-9-7-10-11(15)16-3-4-17-12(10)18-13(9)19-5-1-2-6-19/h1-2,5-7H,3-4H2,(H2,15,16)(H,17,18). The van der Waals surface area contributed by atoms with Crippen LogP contribution < -0.4 is 11.1 Å². The van der Waals surface area contributed by atoms with E-state index in [1.54, 1.807) is 10.6 Å². The molecule has 0 amide bonds. The molecule has 1 aliphatic heterocycles. The van der Waals surface area contributed by atoms with Gasteiger partial charge in [-0.2, -0.15) is 5.26 Å². The first-order valence-electron chi connectivity index (χ1n) is 5.92. The molecule has 2 aromatic heterocycles. The van der Waals surface area contributed by atoms with Crippen molar-refractivity contribution in [1.82, 2.24) is 9.55 Å². The summed E-state index contributed by atoms with van der Waals surface area (Å²) in [5, 5.41) is 12.5. The van der Waals surface area contributed by atoms with Gasteiger partial charge in [0.1, 0.15) is 17.7 Å². The average Bonchev–Trinajstić information content (AvgIpc) is 2.90. The summed E-state index contributed by atoms with van der Waals surface area (Å²) in [4.78, 5) is 8.71. The minimum atomic E-state index is 0.419. The molecular weight excluding hydrogens is 240 g/mol. The summed E-state index contributed by atoms with van der Waals surface area (Å²) in [6.07, 6.45) is 3.70. The Morgan fingerprint density at radius 2 is 2.16 bits per heavy atom. The second-order valence-electron chi connectivity index (χ2n) is 4.15. The van der Waals surface area contributed by atoms with Gasteiger partial charge in [-0.05, 0) is 18.2 Å². The van der Waals surface area contributed by atoms with E-state index in [1.807, 2.05) is 24.5 Å². The first-order chi connectivity index (χ1) is 9.29. The van der Waals surface area contributed by atoms with Crippen molar-refractivity contribution in [3.05, 3.63) is 41.7 Å². The SMILES string of the molecule is N#Cc1cc2c(nc1-n1cccc1)NCCN=C2N. The van der Waals surface area contributed by atoms with Gasteiger partial charge in [0.25, 0.3) is 0 Å². The minimum Gasteiger partial charge on any atom is -0.383 e. The van der Waals surface area contributed by atoms with Crippen molar-refractivity contribution in [2.24, 2.45) is 10.7 Å². The third-order valence-electron chi connectivity index (χ3n) is 2.93. The highest BCUT2D eigenvalue weighted by Crippen LogP contribution is 2.21. The normalized spacial score (nSPS) is 13.7. The Hall–Kier alpha value is -2.81. The molecule has 0 saturated heterocycles. The Morgan fingerprint density at radius 1 is 1.37 bits per heavy atom. The monoisotopic (exact) mass is 252 g/mol. The number of aromatic nitrogens is 2. The third-order valence-corrected chi connectivity index (χ3v) is 2.93. The molecule has 3 rings (SSSR count). The van der Waals surface area contributed by atoms with Gasteiger partial charge >= 0.3 is 0 Å². The first-order valence-corrected chi connectivity index (χ1v) is 5.92. The van der Waals surface area contributed by atoms with Gasteiger partial charge in [-0.15, -0.1) is 0 Å². The van der Waals surface area contributed by atoms with Crippen molar-refractivity contribution in [3.8, 4) is 11.9 Å². The van der Waals surface area contributed by atoms with Gasteiger partial charge in [0.05, 0.1) is 17.7 Å². The molecule has 0 spiro atoms. The Kier molecular flexibility index (Phi) is 2.65. The van der Waals surface area contributed by atoms with E-state index in [0.717, 1.165) is 0 Å². The fourth-order valence-corrected chi connectivity index (χ4v) is 2.02. The van der Waals surface area contributed by atoms with Crippen molar-refractivity contribution >= 4 is 11.7 Å². The Bertz CT molecular complexity index is 678. The van der Waals surface area contributed by atoms with Crippen LogP contribution in [0.25, 0.3) is 5.82 Å². The molecule has 3 N–H and O–H groups in total. The number of nitriles is 1. The van der Waals surface area contributed by atoms with E-state index in [4.69, 9.17) is 5.73 Å². The maximum absolute atomic E-state index is 9.27. The van der Waals surface area contributed by atoms with Crippen LogP contribution in [0.2, 0.25) is 0 Å². The summed E-state index contributed by atoms with van der Waals surface area (Å²) in [5.41, 5.74) is 7.05. The van der Waals surface area contributed by atoms with E-state index in [2.05, 4.69) is 21.4 Å². The molecule has 19 heavy (non-hydrogen) atoms. The number of aliphatic imine (C=N–C) groups is 1. The number of hydrogen-bond acceptors (Lipinski definition) is 5. The Morgan fingerprint density at radius 3 is 2.89 bits per heavy atom. The zero-order valence-electron chi connectivity index (χ0n) is 10.2. The predicted octanol–water partition coefficient (Wildman–Crippen LogP) is 0.875. The van der Waals surface area contributed by atoms with E-state index in [-0.39, 0.29) is 0 Å². The topological polar surface area (TPSA) is 92.0 Å². The number of fused-ring (bicyclic) bond motifs is 1. The van der Waals surface area contributed by atoms with Gasteiger partial charge in [-0.1, -0.05) is 0 Å². The van der Waals surface area contributed by atoms with Crippen LogP contribution in [0, 0.1) is 11.3 Å². The summed E-state index contributed by atoms with van der Waals surface area (Å²) in [6.45, 7) is 1.28. The van der Waals surface area contributed by atoms with Gasteiger partial charge in [-0.3, -0.25) is 4.99 Å². The van der Waals surface area contributed by atoms with Gasteiger partial charge < -0.3 is 15.6 Å². The summed E-state index contributed by atoms with van der Waals surface area (Å²) >= 11 is 0. The molecule has 6 heteroatoms. The van der Waals surface area contributed by atoms with E-state index in [9.17, 15) is 5.26 Å². The van der Waals surface area contributed by atoms with Gasteiger partial charge in [0, 0.05) is 18.9 Å². The predicted molar refractivity (Wildman–Crippen MR) is 72.4 cm³/mol. The molecule has 0 saturated carbocycles. The fourth-order valence-electron chi connectivity index (χ4n) is 2.02. The number of nitrogens with two attached hydrogens (primary N) is 1. The zero-order chi connectivity index (χ0) is 13.2. The summed E-state index contributed by atoms with van der Waals surface area (Å²) in [6, 6.07) is 7.66. The molecule has 0 atom stereocenters. The average molecular weight is 252 g/mol. The molecule has 0 aromatic carbocycles. The van der Waals surface area contributed by atoms with Crippen molar-refractivity contribution < 1.29 is 0 Å². The lowest BCUT2D eigenvalue weighted by Crippen LogP contribution is -2.16. The smallest absolute Gasteiger partial charge is 0.157 e. The second-order valence-corrected chi connectivity index (χ2v) is 4.15. The quantitative estimate of drug-likeness (QED) is 0.787. The number of rotatable bonds is 1. The molecule has 6 nitrogen and oxygen atoms in total. The highest BCUT2D eigenvalue weighted by atomic mass is 15.1. The van der Waals surface area contributed by atoms with Crippen LogP contribution >= 0.6 is 0 Å². The van der Waals surface area contributed by atoms with Crippen LogP contribution in [0.3, 0.4) is 0 Å². The summed E-state index contributed by atoms with van der Waals surface area (Å²) in [7, 11) is 0. The van der Waals surface area contributed by atoms with Crippen molar-refractivity contribution in [1.29, 1.82) is 5.26 Å². The molecular formula is C13H12N6. The molecule has 0 fully saturated rings. The van der Waals surface area contributed by atoms with Crippen LogP contribution in [0.4, 0.5) is 5.82 Å². The number of nitrogens with zero attached hydrogens (tertiary/aromatic N) is 4. The van der Waals surface area contributed by atoms with E-state index in [1.165, 1.54) is 0 Å². The maximum atomic E-state index is 9.27. The summed E-state index contributed by atoms with van der Waals surface area (Å²) < 4.78 is 1.80. The van der Waals surface area contributed by atoms with Crippen molar-refractivity contribution in [2.75, 3.05) is 18.4 Å². The number of pyridine rings is 1. The molecule has 2 aromatic rings. The minimum absolute atomic E-state index is 0.419. The number of nitrogens with one attached hydrogen (secondary N) is 1. The van der Waals surface area contributed by atoms with Crippen LogP contribution in [-0.4, -0.2) is 28.5 Å². The second kappa shape index (κ2) is 4.46. The summed E-state index contributed by atoms with van der Waals surface area (Å²) in [5.74, 6) is 1.68. The van der Waals surface area contributed by atoms with Crippen molar-refractivity contribution in [3.63, 3.8) is 0 Å². The molecule has 0 bridgehead atoms. The Labute approximate surface area is 110 Å². The van der Waals surface area contributed by atoms with Gasteiger partial charge in [0.2, 0.25) is 0 Å². The highest BCUT2D eigenvalue weighted by Gasteiger charge is 2.16. The van der Waals surface area contributed by atoms with E-state index in [0.29, 0.717) is 41.7 Å². The van der Waals surface area contributed by atoms with Gasteiger partial charge in [-0.25, -0.2) is 4.98 Å². The molecule has 1 aliphatic rings. The largest absolute Gasteiger partial charge is 0.383 e. The van der Waals surface area contributed by atoms with Crippen LogP contribution in [0.15, 0.2) is 35.6 Å². The van der Waals surface area contributed by atoms with Crippen LogP contribution in [0.5, 0.6) is 0 Å². The molecule has 0 unspecified atom stereocenters. The number of amidine groups is 1. The molecule has 0 aliphatic carbocycles. The lowest BCUT2D eigenvalue weighted by atomic mass is 10.1. The maximum Gasteiger partial charge on any atom is 0.157 e. The Balaban J connectivity index is 2.22. The fraction of sp³-hybridized carbons (Fsp3) is 0.154. The number of hydrogen-bond donors (Lipinski definition) is 2. The zero-order valence-corrected chi connectivity index (χ0v) is 10.2. The lowest BCUT2D eigenvalue weighted by molar-refractivity contribution is 0.983. The molecule has 94 valence electrons. The first kappa shape index (κ1) is 11.3.